The zero-order valence-electron chi connectivity index (χ0n) is 50.3. The van der Waals surface area contributed by atoms with Gasteiger partial charge in [0.2, 0.25) is 33.7 Å². The second-order valence-electron chi connectivity index (χ2n) is 20.9. The summed E-state index contributed by atoms with van der Waals surface area (Å²) in [4.78, 5) is 63.7. The van der Waals surface area contributed by atoms with Crippen LogP contribution in [-0.2, 0) is 99.8 Å². The number of carbonyl (C=O) groups excluding carboxylic acids is 5. The Labute approximate surface area is 487 Å². The highest BCUT2D eigenvalue weighted by Gasteiger charge is 2.27. The number of nitrogens with one attached hydrogen (secondary N) is 5. The summed E-state index contributed by atoms with van der Waals surface area (Å²) in [6.07, 6.45) is 11.0. The summed E-state index contributed by atoms with van der Waals surface area (Å²) in [7, 11) is 4.81. The van der Waals surface area contributed by atoms with Crippen molar-refractivity contribution >= 4 is 29.8 Å². The minimum atomic E-state index is -0.218. The maximum absolute atomic E-state index is 11.8. The molecule has 5 saturated heterocycles. The van der Waals surface area contributed by atoms with E-state index in [-0.39, 0.29) is 48.1 Å². The molecule has 0 unspecified atom stereocenters. The molecule has 478 valence electrons. The van der Waals surface area contributed by atoms with Gasteiger partial charge in [-0.15, -0.1) is 0 Å². The van der Waals surface area contributed by atoms with Gasteiger partial charge in [0.05, 0.1) is 157 Å². The number of hydrogen-bond donors (Lipinski definition) is 5. The van der Waals surface area contributed by atoms with Crippen LogP contribution in [0.1, 0.15) is 77.0 Å². The molecule has 7 fully saturated rings. The zero-order chi connectivity index (χ0) is 58.8. The Kier molecular flexibility index (Phi) is 45.4. The van der Waals surface area contributed by atoms with Crippen molar-refractivity contribution in [1.29, 1.82) is 0 Å². The van der Waals surface area contributed by atoms with E-state index >= 15 is 0 Å². The van der Waals surface area contributed by atoms with Gasteiger partial charge in [0.1, 0.15) is 65.4 Å². The van der Waals surface area contributed by atoms with E-state index in [0.29, 0.717) is 106 Å². The lowest BCUT2D eigenvalue weighted by Gasteiger charge is -2.25. The van der Waals surface area contributed by atoms with Gasteiger partial charge in [0.25, 0.3) is 0 Å². The summed E-state index contributed by atoms with van der Waals surface area (Å²) >= 11 is 0. The summed E-state index contributed by atoms with van der Waals surface area (Å²) in [5, 5.41) is 0. The van der Waals surface area contributed by atoms with E-state index in [1.807, 2.05) is 0 Å². The van der Waals surface area contributed by atoms with Crippen molar-refractivity contribution < 1.29 is 124 Å². The number of rotatable bonds is 30. The number of hydrogen-bond acceptors (Lipinski definition) is 21. The van der Waals surface area contributed by atoms with Crippen molar-refractivity contribution in [3.8, 4) is 0 Å². The van der Waals surface area contributed by atoms with Crippen LogP contribution in [0.2, 0.25) is 0 Å². The SMILES string of the molecule is COCCC(=O)OC[NH+]1CCOCC1.COCCOCCC(=O)OC[NH+]1CCOCC1.COCCOCCOCCC(=O)OC[NH+]1CCOCC1.O=C(OC[NH+]1CCOCC1)C1CCCC1.O=C(OC[NH+]1CCOCC1)C1CCCCC1. The van der Waals surface area contributed by atoms with Gasteiger partial charge < -0.3 is 75.8 Å². The highest BCUT2D eigenvalue weighted by molar-refractivity contribution is 5.73. The van der Waals surface area contributed by atoms with Crippen LogP contribution in [0.15, 0.2) is 0 Å². The molecule has 0 radical (unpaired) electrons. The summed E-state index contributed by atoms with van der Waals surface area (Å²) in [6.45, 7) is 23.6. The van der Waals surface area contributed by atoms with Crippen LogP contribution in [0.5, 0.6) is 0 Å². The van der Waals surface area contributed by atoms with Gasteiger partial charge >= 0.3 is 29.8 Å². The second kappa shape index (κ2) is 51.0. The van der Waals surface area contributed by atoms with Crippen molar-refractivity contribution in [1.82, 2.24) is 0 Å². The van der Waals surface area contributed by atoms with E-state index in [0.717, 1.165) is 157 Å². The number of quaternary nitrogens is 5. The van der Waals surface area contributed by atoms with Crippen LogP contribution in [0, 0.1) is 11.8 Å². The van der Waals surface area contributed by atoms with Crippen molar-refractivity contribution in [3.63, 3.8) is 0 Å². The fourth-order valence-electron chi connectivity index (χ4n) is 9.07. The molecule has 26 nitrogen and oxygen atoms in total. The van der Waals surface area contributed by atoms with Crippen LogP contribution in [0.25, 0.3) is 0 Å². The van der Waals surface area contributed by atoms with Crippen LogP contribution >= 0.6 is 0 Å². The summed E-state index contributed by atoms with van der Waals surface area (Å²) in [5.41, 5.74) is 0. The molecule has 2 aliphatic carbocycles. The number of carbonyl (C=O) groups is 5. The van der Waals surface area contributed by atoms with Crippen LogP contribution in [0.4, 0.5) is 0 Å². The Morgan fingerprint density at radius 3 is 0.854 bits per heavy atom. The van der Waals surface area contributed by atoms with Gasteiger partial charge in [0.15, 0.2) is 0 Å². The van der Waals surface area contributed by atoms with Gasteiger partial charge in [-0.05, 0) is 25.7 Å². The largest absolute Gasteiger partial charge is 0.415 e. The Morgan fingerprint density at radius 1 is 0.317 bits per heavy atom. The average Bonchev–Trinajstić information content (AvgIpc) is 4.09. The summed E-state index contributed by atoms with van der Waals surface area (Å²) in [6, 6.07) is 0. The molecule has 5 heterocycles. The van der Waals surface area contributed by atoms with Gasteiger partial charge in [0, 0.05) is 21.3 Å². The standard InChI is InChI=1S/C13H25NO6.C12H21NO3.C11H21NO5.C11H19NO3.C9H17NO4/c1-16-8-9-19-11-10-17-5-2-13(15)20-12-14-3-6-18-7-4-14;14-12(11-4-2-1-3-5-11)16-10-13-6-8-15-9-7-13;1-14-8-9-15-5-2-11(13)17-10-12-3-6-16-7-4-12;13-11(10-3-1-2-4-10)15-9-12-5-7-14-8-6-12;1-12-5-2-9(11)14-8-10-3-6-13-7-4-10/h2-12H2,1H3;11H,1-10H2;2-10H2,1H3;10H,1-9H2;2-8H2,1H3/p+5. The molecule has 5 aliphatic heterocycles. The van der Waals surface area contributed by atoms with Crippen LogP contribution < -0.4 is 24.5 Å². The van der Waals surface area contributed by atoms with Crippen molar-refractivity contribution in [2.45, 2.75) is 77.0 Å². The first kappa shape index (κ1) is 73.0. The lowest BCUT2D eigenvalue weighted by molar-refractivity contribution is -0.924. The molecule has 0 atom stereocenters. The molecule has 0 amide bonds. The topological polar surface area (TPSA) is 255 Å². The Bertz CT molecular complexity index is 1570. The van der Waals surface area contributed by atoms with E-state index in [9.17, 15) is 24.0 Å². The molecule has 0 spiro atoms. The van der Waals surface area contributed by atoms with Crippen molar-refractivity contribution in [3.05, 3.63) is 0 Å². The molecule has 26 heteroatoms. The molecule has 5 N–H and O–H groups in total. The minimum absolute atomic E-state index is 0.0199. The summed E-state index contributed by atoms with van der Waals surface area (Å²) < 4.78 is 82.4. The molecule has 0 aromatic rings. The van der Waals surface area contributed by atoms with Gasteiger partial charge in [-0.2, -0.15) is 0 Å². The Hall–Kier alpha value is -3.29. The van der Waals surface area contributed by atoms with Gasteiger partial charge in [-0.1, -0.05) is 32.1 Å². The third kappa shape index (κ3) is 39.3. The Morgan fingerprint density at radius 2 is 0.561 bits per heavy atom. The van der Waals surface area contributed by atoms with E-state index in [1.165, 1.54) is 56.6 Å². The molecule has 7 aliphatic rings. The van der Waals surface area contributed by atoms with Crippen LogP contribution in [0.3, 0.4) is 0 Å². The monoisotopic (exact) mass is 1190 g/mol. The summed E-state index contributed by atoms with van der Waals surface area (Å²) in [5.74, 6) is -0.207. The molecule has 0 aromatic heterocycles. The molecular formula is C56H108N5O21+5. The van der Waals surface area contributed by atoms with Gasteiger partial charge in [-0.25, -0.2) is 0 Å². The van der Waals surface area contributed by atoms with Crippen molar-refractivity contribution in [2.24, 2.45) is 11.8 Å². The van der Waals surface area contributed by atoms with Crippen LogP contribution in [-0.4, -0.2) is 276 Å². The second-order valence-corrected chi connectivity index (χ2v) is 20.9. The highest BCUT2D eigenvalue weighted by Crippen LogP contribution is 2.26. The number of esters is 5. The molecular weight excluding hydrogens is 1080 g/mol. The zero-order valence-corrected chi connectivity index (χ0v) is 50.3. The molecule has 0 aromatic carbocycles. The first-order valence-corrected chi connectivity index (χ1v) is 30.3. The Balaban J connectivity index is 0.000000270. The van der Waals surface area contributed by atoms with E-state index in [1.54, 1.807) is 21.3 Å². The lowest BCUT2D eigenvalue weighted by Crippen LogP contribution is -3.14. The molecule has 0 bridgehead atoms. The number of ether oxygens (including phenoxy) is 16. The van der Waals surface area contributed by atoms with E-state index in [4.69, 9.17) is 75.8 Å². The average molecular weight is 1190 g/mol. The third-order valence-corrected chi connectivity index (χ3v) is 14.4. The fourth-order valence-corrected chi connectivity index (χ4v) is 9.07. The first-order valence-electron chi connectivity index (χ1n) is 30.3. The molecule has 7 rings (SSSR count). The smallest absolute Gasteiger partial charge is 0.313 e. The van der Waals surface area contributed by atoms with E-state index in [2.05, 4.69) is 0 Å². The maximum atomic E-state index is 11.8. The predicted octanol–water partition coefficient (Wildman–Crippen LogP) is -5.06. The fraction of sp³-hybridized carbons (Fsp3) is 0.911. The van der Waals surface area contributed by atoms with E-state index < -0.39 is 0 Å². The lowest BCUT2D eigenvalue weighted by atomic mass is 9.89. The molecule has 82 heavy (non-hydrogen) atoms. The number of morpholine rings is 5. The maximum Gasteiger partial charge on any atom is 0.313 e. The predicted molar refractivity (Wildman–Crippen MR) is 293 cm³/mol. The first-order chi connectivity index (χ1) is 40.2. The minimum Gasteiger partial charge on any atom is -0.415 e. The molecule has 2 saturated carbocycles. The van der Waals surface area contributed by atoms with Gasteiger partial charge in [-0.3, -0.25) is 48.5 Å². The van der Waals surface area contributed by atoms with Crippen molar-refractivity contribution in [2.75, 3.05) is 246 Å². The third-order valence-electron chi connectivity index (χ3n) is 14.4. The number of methoxy groups -OCH3 is 3. The quantitative estimate of drug-likeness (QED) is 0.0256. The highest BCUT2D eigenvalue weighted by atomic mass is 16.6. The normalized spacial score (nSPS) is 19.7.